The lowest BCUT2D eigenvalue weighted by atomic mass is 10.2. The average molecular weight is 479 g/mol. The molecule has 174 valence electrons. The summed E-state index contributed by atoms with van der Waals surface area (Å²) in [5.74, 6) is -0.673. The Balaban J connectivity index is 1.61. The van der Waals surface area contributed by atoms with Crippen LogP contribution in [0.5, 0.6) is 17.4 Å². The maximum atomic E-state index is 12.6. The molecule has 9 nitrogen and oxygen atoms in total. The van der Waals surface area contributed by atoms with E-state index in [4.69, 9.17) is 9.47 Å². The summed E-state index contributed by atoms with van der Waals surface area (Å²) < 4.78 is 39.3. The Morgan fingerprint density at radius 2 is 1.97 bits per heavy atom. The molecule has 1 aromatic heterocycles. The number of nitrogens with zero attached hydrogens (tertiary/aromatic N) is 2. The van der Waals surface area contributed by atoms with Gasteiger partial charge in [0.05, 0.1) is 24.7 Å². The van der Waals surface area contributed by atoms with E-state index in [1.54, 1.807) is 0 Å². The van der Waals surface area contributed by atoms with Gasteiger partial charge in [-0.3, -0.25) is 19.3 Å². The predicted octanol–water partition coefficient (Wildman–Crippen LogP) is 3.17. The zero-order valence-electron chi connectivity index (χ0n) is 17.5. The molecular formula is C21H19F2N3O6S. The number of hydrogen-bond donors (Lipinski definition) is 1. The van der Waals surface area contributed by atoms with Crippen molar-refractivity contribution < 1.29 is 37.4 Å². The summed E-state index contributed by atoms with van der Waals surface area (Å²) in [5, 5.41) is 2.13. The van der Waals surface area contributed by atoms with Crippen LogP contribution in [0.25, 0.3) is 6.08 Å². The number of benzene rings is 1. The van der Waals surface area contributed by atoms with Gasteiger partial charge in [-0.2, -0.15) is 8.78 Å². The quantitative estimate of drug-likeness (QED) is 0.547. The van der Waals surface area contributed by atoms with Gasteiger partial charge in [-0.25, -0.2) is 4.98 Å². The second-order valence-corrected chi connectivity index (χ2v) is 7.46. The number of rotatable bonds is 9. The van der Waals surface area contributed by atoms with Gasteiger partial charge in [-0.15, -0.1) is 0 Å². The molecule has 1 saturated heterocycles. The fourth-order valence-electron chi connectivity index (χ4n) is 2.83. The minimum atomic E-state index is -3.01. The molecule has 2 aromatic rings. The van der Waals surface area contributed by atoms with Gasteiger partial charge in [0.15, 0.2) is 11.5 Å². The minimum absolute atomic E-state index is 0.0260. The molecule has 0 atom stereocenters. The molecule has 0 bridgehead atoms. The topological polar surface area (TPSA) is 107 Å². The number of pyridine rings is 1. The monoisotopic (exact) mass is 479 g/mol. The van der Waals surface area contributed by atoms with Gasteiger partial charge >= 0.3 is 6.61 Å². The van der Waals surface area contributed by atoms with Crippen LogP contribution in [0.2, 0.25) is 0 Å². The van der Waals surface area contributed by atoms with Gasteiger partial charge in [0.1, 0.15) is 0 Å². The smallest absolute Gasteiger partial charge is 0.387 e. The molecule has 1 fully saturated rings. The van der Waals surface area contributed by atoms with Crippen molar-refractivity contribution in [3.63, 3.8) is 0 Å². The molecule has 1 N–H and O–H groups in total. The lowest BCUT2D eigenvalue weighted by molar-refractivity contribution is -0.122. The second-order valence-electron chi connectivity index (χ2n) is 6.47. The summed E-state index contributed by atoms with van der Waals surface area (Å²) in [5.41, 5.74) is 0.761. The number of ether oxygens (including phenoxy) is 3. The predicted molar refractivity (Wildman–Crippen MR) is 115 cm³/mol. The first-order valence-corrected chi connectivity index (χ1v) is 10.3. The number of carbonyl (C=O) groups excluding carboxylic acids is 3. The summed E-state index contributed by atoms with van der Waals surface area (Å²) in [6.45, 7) is -2.99. The first-order chi connectivity index (χ1) is 15.8. The number of halogens is 2. The van der Waals surface area contributed by atoms with E-state index in [1.807, 2.05) is 0 Å². The highest BCUT2D eigenvalue weighted by Crippen LogP contribution is 2.34. The van der Waals surface area contributed by atoms with Gasteiger partial charge in [0.25, 0.3) is 17.1 Å². The van der Waals surface area contributed by atoms with Crippen molar-refractivity contribution in [2.24, 2.45) is 0 Å². The molecule has 33 heavy (non-hydrogen) atoms. The molecule has 1 aromatic carbocycles. The van der Waals surface area contributed by atoms with E-state index in [-0.39, 0.29) is 29.5 Å². The Morgan fingerprint density at radius 1 is 1.18 bits per heavy atom. The number of carbonyl (C=O) groups is 3. The zero-order chi connectivity index (χ0) is 24.0. The largest absolute Gasteiger partial charge is 0.493 e. The number of aromatic nitrogens is 1. The van der Waals surface area contributed by atoms with Crippen molar-refractivity contribution in [3.8, 4) is 17.4 Å². The van der Waals surface area contributed by atoms with Crippen LogP contribution in [-0.2, 0) is 4.79 Å². The Labute approximate surface area is 191 Å². The van der Waals surface area contributed by atoms with Crippen molar-refractivity contribution in [1.82, 2.24) is 15.2 Å². The van der Waals surface area contributed by atoms with Gasteiger partial charge < -0.3 is 19.5 Å². The van der Waals surface area contributed by atoms with Crippen LogP contribution in [0.4, 0.5) is 13.6 Å². The molecule has 1 aliphatic heterocycles. The zero-order valence-corrected chi connectivity index (χ0v) is 18.4. The Hall–Kier alpha value is -3.67. The first-order valence-electron chi connectivity index (χ1n) is 9.49. The van der Waals surface area contributed by atoms with Crippen molar-refractivity contribution >= 4 is 34.9 Å². The molecule has 0 saturated carbocycles. The summed E-state index contributed by atoms with van der Waals surface area (Å²) in [4.78, 5) is 42.2. The number of methoxy groups -OCH3 is 2. The average Bonchev–Trinajstić information content (AvgIpc) is 3.06. The van der Waals surface area contributed by atoms with E-state index >= 15 is 0 Å². The van der Waals surface area contributed by atoms with Crippen LogP contribution in [0.1, 0.15) is 15.9 Å². The molecule has 2 heterocycles. The van der Waals surface area contributed by atoms with Gasteiger partial charge in [0, 0.05) is 25.4 Å². The van der Waals surface area contributed by atoms with E-state index in [2.05, 4.69) is 15.0 Å². The number of alkyl halides is 2. The third kappa shape index (κ3) is 5.98. The van der Waals surface area contributed by atoms with E-state index in [1.165, 1.54) is 56.8 Å². The first kappa shape index (κ1) is 24.0. The van der Waals surface area contributed by atoms with E-state index in [9.17, 15) is 23.2 Å². The summed E-state index contributed by atoms with van der Waals surface area (Å²) in [6.07, 6.45) is 2.80. The van der Waals surface area contributed by atoms with Crippen LogP contribution in [0.3, 0.4) is 0 Å². The maximum absolute atomic E-state index is 12.6. The Morgan fingerprint density at radius 3 is 2.61 bits per heavy atom. The van der Waals surface area contributed by atoms with Crippen LogP contribution < -0.4 is 19.5 Å². The molecule has 1 aliphatic rings. The molecular weight excluding hydrogens is 460 g/mol. The summed E-state index contributed by atoms with van der Waals surface area (Å²) in [7, 11) is 2.75. The van der Waals surface area contributed by atoms with Gasteiger partial charge in [-0.05, 0) is 41.6 Å². The van der Waals surface area contributed by atoms with Crippen LogP contribution in [0, 0.1) is 0 Å². The Bertz CT molecular complexity index is 1080. The van der Waals surface area contributed by atoms with Crippen molar-refractivity contribution in [2.45, 2.75) is 6.61 Å². The number of thioether (sulfide) groups is 1. The number of hydrogen-bond acceptors (Lipinski definition) is 8. The maximum Gasteiger partial charge on any atom is 0.387 e. The molecule has 0 spiro atoms. The molecule has 0 radical (unpaired) electrons. The van der Waals surface area contributed by atoms with Crippen LogP contribution in [-0.4, -0.2) is 60.9 Å². The van der Waals surface area contributed by atoms with E-state index in [0.717, 1.165) is 16.7 Å². The third-order valence-corrected chi connectivity index (χ3v) is 5.31. The molecule has 3 amide bonds. The lowest BCUT2D eigenvalue weighted by Crippen LogP contribution is -2.37. The highest BCUT2D eigenvalue weighted by atomic mass is 32.2. The number of nitrogens with one attached hydrogen (secondary N) is 1. The summed E-state index contributed by atoms with van der Waals surface area (Å²) >= 11 is 0.734. The Kier molecular flexibility index (Phi) is 7.83. The summed E-state index contributed by atoms with van der Waals surface area (Å²) in [6, 6.07) is 7.23. The number of imide groups is 1. The van der Waals surface area contributed by atoms with Crippen LogP contribution in [0.15, 0.2) is 41.4 Å². The van der Waals surface area contributed by atoms with Crippen molar-refractivity contribution in [3.05, 3.63) is 52.6 Å². The second kappa shape index (κ2) is 10.8. The molecule has 3 rings (SSSR count). The fraction of sp³-hybridized carbons (Fsp3) is 0.238. The minimum Gasteiger partial charge on any atom is -0.493 e. The number of amides is 3. The van der Waals surface area contributed by atoms with Crippen molar-refractivity contribution in [2.75, 3.05) is 27.3 Å². The molecule has 0 aliphatic carbocycles. The van der Waals surface area contributed by atoms with Crippen molar-refractivity contribution in [1.29, 1.82) is 0 Å². The molecule has 0 unspecified atom stereocenters. The van der Waals surface area contributed by atoms with Gasteiger partial charge in [0.2, 0.25) is 5.88 Å². The van der Waals surface area contributed by atoms with E-state index in [0.29, 0.717) is 17.0 Å². The molecule has 12 heteroatoms. The highest BCUT2D eigenvalue weighted by Gasteiger charge is 2.34. The SMILES string of the molecule is COc1ccc(C(=O)NCCN2C(=O)S/C(=C\c3ccc(OC(F)F)c(OC)c3)C2=O)cn1. The van der Waals surface area contributed by atoms with E-state index < -0.39 is 23.7 Å². The highest BCUT2D eigenvalue weighted by molar-refractivity contribution is 8.18. The fourth-order valence-corrected chi connectivity index (χ4v) is 3.70. The standard InChI is InChI=1S/C21H19F2N3O6S/c1-30-15-9-12(3-5-14(15)32-20(22)23)10-16-19(28)26(21(29)33-16)8-7-24-18(27)13-4-6-17(31-2)25-11-13/h3-6,9-11,20H,7-8H2,1-2H3,(H,24,27)/b16-10-. The third-order valence-electron chi connectivity index (χ3n) is 4.40. The lowest BCUT2D eigenvalue weighted by Gasteiger charge is -2.13. The van der Waals surface area contributed by atoms with Crippen LogP contribution >= 0.6 is 11.8 Å². The normalized spacial score (nSPS) is 14.7. The van der Waals surface area contributed by atoms with Gasteiger partial charge in [-0.1, -0.05) is 6.07 Å².